The Kier molecular flexibility index (Phi) is 5.06. The topological polar surface area (TPSA) is 67.0 Å². The van der Waals surface area contributed by atoms with Gasteiger partial charge in [0.15, 0.2) is 0 Å². The monoisotopic (exact) mass is 371 g/mol. The number of benzene rings is 2. The zero-order valence-electron chi connectivity index (χ0n) is 15.6. The molecular formula is C23H21N3O2. The van der Waals surface area contributed by atoms with Crippen molar-refractivity contribution in [2.75, 3.05) is 13.7 Å². The molecule has 2 aromatic carbocycles. The van der Waals surface area contributed by atoms with Crippen molar-refractivity contribution >= 4 is 16.8 Å². The number of aromatic amines is 1. The van der Waals surface area contributed by atoms with Gasteiger partial charge in [-0.05, 0) is 42.3 Å². The Morgan fingerprint density at radius 2 is 1.96 bits per heavy atom. The third-order valence-corrected chi connectivity index (χ3v) is 4.75. The van der Waals surface area contributed by atoms with E-state index in [0.29, 0.717) is 12.1 Å². The summed E-state index contributed by atoms with van der Waals surface area (Å²) in [6, 6.07) is 19.5. The van der Waals surface area contributed by atoms with Crippen LogP contribution >= 0.6 is 0 Å². The molecule has 0 saturated carbocycles. The van der Waals surface area contributed by atoms with E-state index < -0.39 is 0 Å². The fourth-order valence-electron chi connectivity index (χ4n) is 3.21. The Bertz CT molecular complexity index is 1090. The summed E-state index contributed by atoms with van der Waals surface area (Å²) in [4.78, 5) is 20.1. The number of nitrogens with one attached hydrogen (secondary N) is 2. The standard InChI is InChI=1S/C23H21N3O2/c1-28-19-8-10-22-20(13-19)17(14-26-22)11-12-24-23(27)18-7-9-21(25-15-18)16-5-3-2-4-6-16/h2-10,13-15,26H,11-12H2,1H3,(H,24,27). The third kappa shape index (κ3) is 3.74. The van der Waals surface area contributed by atoms with Gasteiger partial charge in [0.05, 0.1) is 18.4 Å². The van der Waals surface area contributed by atoms with E-state index in [2.05, 4.69) is 15.3 Å². The Morgan fingerprint density at radius 1 is 1.11 bits per heavy atom. The number of methoxy groups -OCH3 is 1. The summed E-state index contributed by atoms with van der Waals surface area (Å²) in [7, 11) is 1.66. The van der Waals surface area contributed by atoms with Crippen molar-refractivity contribution in [3.05, 3.63) is 84.2 Å². The normalized spacial score (nSPS) is 10.8. The lowest BCUT2D eigenvalue weighted by Gasteiger charge is -2.06. The van der Waals surface area contributed by atoms with Gasteiger partial charge in [0.25, 0.3) is 5.91 Å². The smallest absolute Gasteiger partial charge is 0.252 e. The fraction of sp³-hybridized carbons (Fsp3) is 0.130. The summed E-state index contributed by atoms with van der Waals surface area (Å²) in [5.74, 6) is 0.700. The summed E-state index contributed by atoms with van der Waals surface area (Å²) < 4.78 is 5.30. The largest absolute Gasteiger partial charge is 0.497 e. The van der Waals surface area contributed by atoms with Crippen molar-refractivity contribution in [1.82, 2.24) is 15.3 Å². The fourth-order valence-corrected chi connectivity index (χ4v) is 3.21. The number of carbonyl (C=O) groups excluding carboxylic acids is 1. The second-order valence-corrected chi connectivity index (χ2v) is 6.53. The molecule has 0 aliphatic carbocycles. The SMILES string of the molecule is COc1ccc2[nH]cc(CCNC(=O)c3ccc(-c4ccccc4)nc3)c2c1. The molecule has 2 N–H and O–H groups in total. The van der Waals surface area contributed by atoms with E-state index in [1.54, 1.807) is 19.4 Å². The average Bonchev–Trinajstić information content (AvgIpc) is 3.16. The van der Waals surface area contributed by atoms with Crippen LogP contribution in [0.5, 0.6) is 5.75 Å². The second-order valence-electron chi connectivity index (χ2n) is 6.53. The number of H-pyrrole nitrogens is 1. The van der Waals surface area contributed by atoms with Gasteiger partial charge in [0, 0.05) is 35.4 Å². The van der Waals surface area contributed by atoms with Crippen molar-refractivity contribution < 1.29 is 9.53 Å². The average molecular weight is 371 g/mol. The van der Waals surface area contributed by atoms with Crippen LogP contribution in [0.1, 0.15) is 15.9 Å². The molecule has 0 fully saturated rings. The molecule has 4 rings (SSSR count). The molecule has 0 saturated heterocycles. The minimum atomic E-state index is -0.121. The molecule has 2 heterocycles. The lowest BCUT2D eigenvalue weighted by molar-refractivity contribution is 0.0954. The first-order valence-electron chi connectivity index (χ1n) is 9.18. The third-order valence-electron chi connectivity index (χ3n) is 4.75. The van der Waals surface area contributed by atoms with E-state index in [4.69, 9.17) is 4.74 Å². The lowest BCUT2D eigenvalue weighted by atomic mass is 10.1. The molecule has 0 aliphatic rings. The number of pyridine rings is 1. The first kappa shape index (κ1) is 17.8. The minimum Gasteiger partial charge on any atom is -0.497 e. The van der Waals surface area contributed by atoms with E-state index in [9.17, 15) is 4.79 Å². The van der Waals surface area contributed by atoms with Crippen LogP contribution in [0.2, 0.25) is 0 Å². The maximum atomic E-state index is 12.4. The molecule has 5 heteroatoms. The molecule has 0 unspecified atom stereocenters. The molecule has 4 aromatic rings. The van der Waals surface area contributed by atoms with Gasteiger partial charge in [-0.3, -0.25) is 9.78 Å². The molecule has 140 valence electrons. The molecule has 0 spiro atoms. The summed E-state index contributed by atoms with van der Waals surface area (Å²) in [5.41, 5.74) is 4.64. The molecule has 28 heavy (non-hydrogen) atoms. The van der Waals surface area contributed by atoms with Crippen LogP contribution < -0.4 is 10.1 Å². The predicted octanol–water partition coefficient (Wildman–Crippen LogP) is 4.21. The number of hydrogen-bond donors (Lipinski definition) is 2. The van der Waals surface area contributed by atoms with Crippen molar-refractivity contribution in [3.63, 3.8) is 0 Å². The molecule has 0 aliphatic heterocycles. The van der Waals surface area contributed by atoms with Crippen LogP contribution in [-0.2, 0) is 6.42 Å². The summed E-state index contributed by atoms with van der Waals surface area (Å²) in [5, 5.41) is 4.08. The van der Waals surface area contributed by atoms with Crippen molar-refractivity contribution in [2.24, 2.45) is 0 Å². The number of rotatable bonds is 6. The number of hydrogen-bond acceptors (Lipinski definition) is 3. The van der Waals surface area contributed by atoms with Gasteiger partial charge in [-0.1, -0.05) is 30.3 Å². The van der Waals surface area contributed by atoms with Gasteiger partial charge in [0.2, 0.25) is 0 Å². The number of amides is 1. The summed E-state index contributed by atoms with van der Waals surface area (Å²) >= 11 is 0. The quantitative estimate of drug-likeness (QED) is 0.533. The first-order valence-corrected chi connectivity index (χ1v) is 9.18. The van der Waals surface area contributed by atoms with E-state index >= 15 is 0 Å². The lowest BCUT2D eigenvalue weighted by Crippen LogP contribution is -2.25. The van der Waals surface area contributed by atoms with E-state index in [1.807, 2.05) is 60.8 Å². The van der Waals surface area contributed by atoms with Gasteiger partial charge in [0.1, 0.15) is 5.75 Å². The van der Waals surface area contributed by atoms with Crippen molar-refractivity contribution in [2.45, 2.75) is 6.42 Å². The van der Waals surface area contributed by atoms with Gasteiger partial charge >= 0.3 is 0 Å². The summed E-state index contributed by atoms with van der Waals surface area (Å²) in [6.45, 7) is 0.545. The highest BCUT2D eigenvalue weighted by molar-refractivity contribution is 5.94. The Morgan fingerprint density at radius 3 is 2.71 bits per heavy atom. The Hall–Kier alpha value is -3.60. The second kappa shape index (κ2) is 7.96. The first-order chi connectivity index (χ1) is 13.7. The zero-order chi connectivity index (χ0) is 19.3. The molecule has 0 bridgehead atoms. The van der Waals surface area contributed by atoms with Crippen molar-refractivity contribution in [1.29, 1.82) is 0 Å². The van der Waals surface area contributed by atoms with E-state index in [0.717, 1.165) is 39.9 Å². The minimum absolute atomic E-state index is 0.121. The van der Waals surface area contributed by atoms with Crippen LogP contribution in [0, 0.1) is 0 Å². The number of aromatic nitrogens is 2. The van der Waals surface area contributed by atoms with Gasteiger partial charge < -0.3 is 15.0 Å². The highest BCUT2D eigenvalue weighted by Crippen LogP contribution is 2.23. The van der Waals surface area contributed by atoms with Crippen molar-refractivity contribution in [3.8, 4) is 17.0 Å². The Balaban J connectivity index is 1.38. The number of ether oxygens (including phenoxy) is 1. The highest BCUT2D eigenvalue weighted by atomic mass is 16.5. The predicted molar refractivity (Wildman–Crippen MR) is 111 cm³/mol. The molecule has 0 atom stereocenters. The number of carbonyl (C=O) groups is 1. The summed E-state index contributed by atoms with van der Waals surface area (Å²) in [6.07, 6.45) is 4.33. The molecule has 1 amide bonds. The maximum absolute atomic E-state index is 12.4. The van der Waals surface area contributed by atoms with Gasteiger partial charge in [-0.2, -0.15) is 0 Å². The van der Waals surface area contributed by atoms with Crippen LogP contribution in [-0.4, -0.2) is 29.5 Å². The molecular weight excluding hydrogens is 350 g/mol. The van der Waals surface area contributed by atoms with E-state index in [1.165, 1.54) is 0 Å². The molecule has 2 aromatic heterocycles. The highest BCUT2D eigenvalue weighted by Gasteiger charge is 2.09. The molecule has 0 radical (unpaired) electrons. The van der Waals surface area contributed by atoms with Gasteiger partial charge in [-0.25, -0.2) is 0 Å². The number of fused-ring (bicyclic) bond motifs is 1. The maximum Gasteiger partial charge on any atom is 0.252 e. The van der Waals surface area contributed by atoms with Crippen LogP contribution in [0.25, 0.3) is 22.2 Å². The number of nitrogens with zero attached hydrogens (tertiary/aromatic N) is 1. The Labute approximate surface area is 163 Å². The van der Waals surface area contributed by atoms with Crippen LogP contribution in [0.3, 0.4) is 0 Å². The van der Waals surface area contributed by atoms with Crippen LogP contribution in [0.15, 0.2) is 73.1 Å². The molecule has 5 nitrogen and oxygen atoms in total. The zero-order valence-corrected chi connectivity index (χ0v) is 15.6. The van der Waals surface area contributed by atoms with E-state index in [-0.39, 0.29) is 5.91 Å². The van der Waals surface area contributed by atoms with Crippen LogP contribution in [0.4, 0.5) is 0 Å². The van der Waals surface area contributed by atoms with Gasteiger partial charge in [-0.15, -0.1) is 0 Å².